The normalized spacial score (nSPS) is 10.1. The molecule has 1 aromatic carbocycles. The maximum atomic E-state index is 11.5. The van der Waals surface area contributed by atoms with Gasteiger partial charge >= 0.3 is 5.88 Å². The molecule has 0 atom stereocenters. The molecule has 104 valence electrons. The second kappa shape index (κ2) is 5.87. The van der Waals surface area contributed by atoms with Gasteiger partial charge in [-0.3, -0.25) is 14.9 Å². The van der Waals surface area contributed by atoms with Crippen molar-refractivity contribution in [3.8, 4) is 0 Å². The van der Waals surface area contributed by atoms with Crippen molar-refractivity contribution in [2.24, 2.45) is 0 Å². The molecule has 2 N–H and O–H groups in total. The van der Waals surface area contributed by atoms with Gasteiger partial charge in [0.25, 0.3) is 5.91 Å². The molecule has 0 unspecified atom stereocenters. The Labute approximate surface area is 114 Å². The third-order valence-corrected chi connectivity index (χ3v) is 2.65. The standard InChI is InChI=1S/C13H13N3O4/c1-14-13(17)9-3-2-4-10(7-9)15-8-11-5-6-12(20-11)16(18)19/h2-7,15H,8H2,1H3,(H,14,17). The zero-order valence-electron chi connectivity index (χ0n) is 10.8. The van der Waals surface area contributed by atoms with Gasteiger partial charge < -0.3 is 15.1 Å². The number of rotatable bonds is 5. The van der Waals surface area contributed by atoms with Gasteiger partial charge in [-0.25, -0.2) is 0 Å². The fourth-order valence-electron chi connectivity index (χ4n) is 1.66. The quantitative estimate of drug-likeness (QED) is 0.643. The first kappa shape index (κ1) is 13.6. The summed E-state index contributed by atoms with van der Waals surface area (Å²) in [6, 6.07) is 9.77. The second-order valence-corrected chi connectivity index (χ2v) is 4.01. The highest BCUT2D eigenvalue weighted by molar-refractivity contribution is 5.94. The highest BCUT2D eigenvalue weighted by Crippen LogP contribution is 2.17. The van der Waals surface area contributed by atoms with Crippen molar-refractivity contribution in [3.05, 3.63) is 57.8 Å². The minimum atomic E-state index is -0.588. The largest absolute Gasteiger partial charge is 0.433 e. The summed E-state index contributed by atoms with van der Waals surface area (Å²) in [5.74, 6) is -0.0229. The molecule has 0 aliphatic heterocycles. The smallest absolute Gasteiger partial charge is 0.404 e. The SMILES string of the molecule is CNC(=O)c1cccc(NCc2ccc([N+](=O)[O-])o2)c1. The minimum absolute atomic E-state index is 0.178. The predicted molar refractivity (Wildman–Crippen MR) is 72.5 cm³/mol. The van der Waals surface area contributed by atoms with E-state index in [4.69, 9.17) is 4.42 Å². The summed E-state index contributed by atoms with van der Waals surface area (Å²) in [5, 5.41) is 16.1. The van der Waals surface area contributed by atoms with Crippen LogP contribution in [-0.2, 0) is 6.54 Å². The van der Waals surface area contributed by atoms with E-state index >= 15 is 0 Å². The molecule has 0 aliphatic rings. The molecule has 20 heavy (non-hydrogen) atoms. The lowest BCUT2D eigenvalue weighted by atomic mass is 10.2. The van der Waals surface area contributed by atoms with E-state index in [0.717, 1.165) is 5.69 Å². The molecule has 0 fully saturated rings. The zero-order valence-corrected chi connectivity index (χ0v) is 10.8. The Morgan fingerprint density at radius 2 is 2.15 bits per heavy atom. The monoisotopic (exact) mass is 275 g/mol. The lowest BCUT2D eigenvalue weighted by Crippen LogP contribution is -2.17. The van der Waals surface area contributed by atoms with E-state index < -0.39 is 4.92 Å². The fourth-order valence-corrected chi connectivity index (χ4v) is 1.66. The van der Waals surface area contributed by atoms with E-state index in [2.05, 4.69) is 10.6 Å². The summed E-state index contributed by atoms with van der Waals surface area (Å²) in [6.07, 6.45) is 0. The van der Waals surface area contributed by atoms with Crippen molar-refractivity contribution in [2.75, 3.05) is 12.4 Å². The third kappa shape index (κ3) is 3.14. The number of nitro groups is 1. The molecule has 7 nitrogen and oxygen atoms in total. The maximum Gasteiger partial charge on any atom is 0.433 e. The minimum Gasteiger partial charge on any atom is -0.404 e. The van der Waals surface area contributed by atoms with Crippen LogP contribution in [0.5, 0.6) is 0 Å². The van der Waals surface area contributed by atoms with Gasteiger partial charge in [0.15, 0.2) is 0 Å². The molecule has 1 amide bonds. The number of nitrogens with zero attached hydrogens (tertiary/aromatic N) is 1. The van der Waals surface area contributed by atoms with Crippen LogP contribution in [0.2, 0.25) is 0 Å². The van der Waals surface area contributed by atoms with Crippen molar-refractivity contribution in [1.82, 2.24) is 5.32 Å². The van der Waals surface area contributed by atoms with E-state index in [1.54, 1.807) is 31.3 Å². The Balaban J connectivity index is 2.03. The number of hydrogen-bond donors (Lipinski definition) is 2. The molecule has 2 aromatic rings. The van der Waals surface area contributed by atoms with Gasteiger partial charge in [0, 0.05) is 18.3 Å². The van der Waals surface area contributed by atoms with Crippen molar-refractivity contribution in [2.45, 2.75) is 6.54 Å². The van der Waals surface area contributed by atoms with Crippen molar-refractivity contribution >= 4 is 17.5 Å². The molecule has 0 saturated heterocycles. The van der Waals surface area contributed by atoms with Crippen LogP contribution in [0.4, 0.5) is 11.6 Å². The van der Waals surface area contributed by atoms with E-state index in [1.807, 2.05) is 0 Å². The van der Waals surface area contributed by atoms with Gasteiger partial charge in [-0.05, 0) is 24.3 Å². The van der Waals surface area contributed by atoms with Crippen LogP contribution in [0.1, 0.15) is 16.1 Å². The van der Waals surface area contributed by atoms with Crippen LogP contribution in [0.15, 0.2) is 40.8 Å². The van der Waals surface area contributed by atoms with E-state index in [9.17, 15) is 14.9 Å². The van der Waals surface area contributed by atoms with Crippen LogP contribution in [-0.4, -0.2) is 17.9 Å². The van der Waals surface area contributed by atoms with Crippen LogP contribution in [0.25, 0.3) is 0 Å². The Morgan fingerprint density at radius 3 is 2.80 bits per heavy atom. The Hall–Kier alpha value is -2.83. The molecule has 0 radical (unpaired) electrons. The first-order chi connectivity index (χ1) is 9.60. The topological polar surface area (TPSA) is 97.4 Å². The molecular weight excluding hydrogens is 262 g/mol. The zero-order chi connectivity index (χ0) is 14.5. The summed E-state index contributed by atoms with van der Waals surface area (Å²) in [7, 11) is 1.56. The number of furan rings is 1. The van der Waals surface area contributed by atoms with Crippen molar-refractivity contribution in [3.63, 3.8) is 0 Å². The second-order valence-electron chi connectivity index (χ2n) is 4.01. The highest BCUT2D eigenvalue weighted by Gasteiger charge is 2.11. The lowest BCUT2D eigenvalue weighted by molar-refractivity contribution is -0.402. The first-order valence-electron chi connectivity index (χ1n) is 5.89. The van der Waals surface area contributed by atoms with E-state index in [-0.39, 0.29) is 11.8 Å². The molecule has 0 aliphatic carbocycles. The highest BCUT2D eigenvalue weighted by atomic mass is 16.6. The van der Waals surface area contributed by atoms with E-state index in [1.165, 1.54) is 12.1 Å². The summed E-state index contributed by atoms with van der Waals surface area (Å²) < 4.78 is 5.02. The number of amides is 1. The Kier molecular flexibility index (Phi) is 3.99. The summed E-state index contributed by atoms with van der Waals surface area (Å²) in [5.41, 5.74) is 1.26. The molecule has 2 rings (SSSR count). The average Bonchev–Trinajstić information content (AvgIpc) is 2.93. The lowest BCUT2D eigenvalue weighted by Gasteiger charge is -2.06. The van der Waals surface area contributed by atoms with Crippen molar-refractivity contribution in [1.29, 1.82) is 0 Å². The van der Waals surface area contributed by atoms with Crippen LogP contribution in [0.3, 0.4) is 0 Å². The Bertz CT molecular complexity index is 636. The predicted octanol–water partition coefficient (Wildman–Crippen LogP) is 2.16. The number of anilines is 1. The van der Waals surface area contributed by atoms with E-state index in [0.29, 0.717) is 17.9 Å². The van der Waals surface area contributed by atoms with Gasteiger partial charge in [0.05, 0.1) is 12.6 Å². The molecule has 1 heterocycles. The number of hydrogen-bond acceptors (Lipinski definition) is 5. The van der Waals surface area contributed by atoms with Crippen LogP contribution >= 0.6 is 0 Å². The van der Waals surface area contributed by atoms with Gasteiger partial charge in [0.1, 0.15) is 10.7 Å². The number of carbonyl (C=O) groups excluding carboxylic acids is 1. The number of nitrogens with one attached hydrogen (secondary N) is 2. The van der Waals surface area contributed by atoms with Gasteiger partial charge in [0.2, 0.25) is 0 Å². The van der Waals surface area contributed by atoms with Crippen LogP contribution in [0, 0.1) is 10.1 Å². The average molecular weight is 275 g/mol. The first-order valence-corrected chi connectivity index (χ1v) is 5.89. The third-order valence-electron chi connectivity index (χ3n) is 2.65. The molecule has 7 heteroatoms. The fraction of sp³-hybridized carbons (Fsp3) is 0.154. The Morgan fingerprint density at radius 1 is 1.35 bits per heavy atom. The molecule has 0 saturated carbocycles. The number of benzene rings is 1. The van der Waals surface area contributed by atoms with Gasteiger partial charge in [-0.1, -0.05) is 6.07 Å². The van der Waals surface area contributed by atoms with Crippen LogP contribution < -0.4 is 10.6 Å². The summed E-state index contributed by atoms with van der Waals surface area (Å²) in [4.78, 5) is 21.4. The van der Waals surface area contributed by atoms with Crippen molar-refractivity contribution < 1.29 is 14.1 Å². The molecular formula is C13H13N3O4. The molecule has 1 aromatic heterocycles. The number of carbonyl (C=O) groups is 1. The maximum absolute atomic E-state index is 11.5. The molecule has 0 spiro atoms. The summed E-state index contributed by atoms with van der Waals surface area (Å²) >= 11 is 0. The summed E-state index contributed by atoms with van der Waals surface area (Å²) in [6.45, 7) is 0.297. The molecule has 0 bridgehead atoms. The van der Waals surface area contributed by atoms with Gasteiger partial charge in [-0.2, -0.15) is 0 Å². The van der Waals surface area contributed by atoms with Gasteiger partial charge in [-0.15, -0.1) is 0 Å².